The summed E-state index contributed by atoms with van der Waals surface area (Å²) in [7, 11) is 2.12. The molecule has 0 radical (unpaired) electrons. The minimum atomic E-state index is -0.190. The van der Waals surface area contributed by atoms with Crippen LogP contribution in [0.4, 0.5) is 10.1 Å². The highest BCUT2D eigenvalue weighted by atomic mass is 19.1. The van der Waals surface area contributed by atoms with E-state index < -0.39 is 0 Å². The molecular weight excluding hydrogens is 217 g/mol. The van der Waals surface area contributed by atoms with Crippen LogP contribution in [0.2, 0.25) is 0 Å². The monoisotopic (exact) mass is 237 g/mol. The Morgan fingerprint density at radius 2 is 2.00 bits per heavy atom. The quantitative estimate of drug-likeness (QED) is 0.841. The van der Waals surface area contributed by atoms with Gasteiger partial charge in [-0.05, 0) is 44.3 Å². The number of hydrogen-bond donors (Lipinski definition) is 1. The Labute approximate surface area is 102 Å². The average molecular weight is 237 g/mol. The number of benzene rings is 1. The van der Waals surface area contributed by atoms with Gasteiger partial charge in [-0.15, -0.1) is 0 Å². The lowest BCUT2D eigenvalue weighted by molar-refractivity contribution is 0.332. The third kappa shape index (κ3) is 2.96. The first-order valence-corrected chi connectivity index (χ1v) is 6.11. The van der Waals surface area contributed by atoms with Crippen LogP contribution in [-0.4, -0.2) is 44.2 Å². The summed E-state index contributed by atoms with van der Waals surface area (Å²) in [4.78, 5) is 4.60. The van der Waals surface area contributed by atoms with Crippen molar-refractivity contribution in [1.29, 1.82) is 0 Å². The van der Waals surface area contributed by atoms with E-state index in [1.54, 1.807) is 0 Å². The molecule has 0 amide bonds. The van der Waals surface area contributed by atoms with E-state index in [1.807, 2.05) is 12.1 Å². The predicted molar refractivity (Wildman–Crippen MR) is 68.7 cm³/mol. The second kappa shape index (κ2) is 5.47. The van der Waals surface area contributed by atoms with Gasteiger partial charge in [0.05, 0.1) is 6.04 Å². The van der Waals surface area contributed by atoms with Crippen molar-refractivity contribution in [2.24, 2.45) is 5.73 Å². The second-order valence-electron chi connectivity index (χ2n) is 4.68. The molecule has 0 aromatic heterocycles. The molecular formula is C13H20FN3. The van der Waals surface area contributed by atoms with Gasteiger partial charge in [0.1, 0.15) is 5.82 Å². The number of halogens is 1. The topological polar surface area (TPSA) is 32.5 Å². The molecule has 94 valence electrons. The first kappa shape index (κ1) is 12.3. The maximum absolute atomic E-state index is 12.9. The number of rotatable bonds is 2. The van der Waals surface area contributed by atoms with Crippen molar-refractivity contribution in [3.05, 3.63) is 30.1 Å². The van der Waals surface area contributed by atoms with E-state index in [0.29, 0.717) is 12.6 Å². The van der Waals surface area contributed by atoms with E-state index in [4.69, 9.17) is 5.73 Å². The van der Waals surface area contributed by atoms with Crippen LogP contribution in [0.25, 0.3) is 0 Å². The second-order valence-corrected chi connectivity index (χ2v) is 4.68. The third-order valence-corrected chi connectivity index (χ3v) is 3.33. The smallest absolute Gasteiger partial charge is 0.123 e. The zero-order valence-electron chi connectivity index (χ0n) is 10.3. The van der Waals surface area contributed by atoms with Gasteiger partial charge in [-0.1, -0.05) is 0 Å². The van der Waals surface area contributed by atoms with E-state index in [1.165, 1.54) is 12.1 Å². The Morgan fingerprint density at radius 1 is 1.29 bits per heavy atom. The Kier molecular flexibility index (Phi) is 3.97. The molecule has 1 aliphatic rings. The summed E-state index contributed by atoms with van der Waals surface area (Å²) in [5, 5.41) is 0. The molecule has 1 unspecified atom stereocenters. The van der Waals surface area contributed by atoms with E-state index in [9.17, 15) is 4.39 Å². The molecule has 1 heterocycles. The summed E-state index contributed by atoms with van der Waals surface area (Å²) in [6, 6.07) is 7.01. The number of anilines is 1. The van der Waals surface area contributed by atoms with Crippen molar-refractivity contribution in [1.82, 2.24) is 4.90 Å². The molecule has 2 N–H and O–H groups in total. The number of nitrogens with zero attached hydrogens (tertiary/aromatic N) is 2. The highest BCUT2D eigenvalue weighted by Gasteiger charge is 2.22. The SMILES string of the molecule is CN1CCCN(c2ccc(F)cc2)C(CN)C1. The third-order valence-electron chi connectivity index (χ3n) is 3.33. The van der Waals surface area contributed by atoms with Gasteiger partial charge in [-0.3, -0.25) is 0 Å². The molecule has 1 saturated heterocycles. The molecule has 1 aromatic carbocycles. The van der Waals surface area contributed by atoms with E-state index in [2.05, 4.69) is 16.8 Å². The zero-order chi connectivity index (χ0) is 12.3. The fourth-order valence-electron chi connectivity index (χ4n) is 2.42. The van der Waals surface area contributed by atoms with Crippen LogP contribution >= 0.6 is 0 Å². The minimum absolute atomic E-state index is 0.190. The standard InChI is InChI=1S/C13H20FN3/c1-16-7-2-8-17(13(9-15)10-16)12-5-3-11(14)4-6-12/h3-6,13H,2,7-10,15H2,1H3. The highest BCUT2D eigenvalue weighted by molar-refractivity contribution is 5.47. The fraction of sp³-hybridized carbons (Fsp3) is 0.538. The van der Waals surface area contributed by atoms with Gasteiger partial charge in [0.25, 0.3) is 0 Å². The van der Waals surface area contributed by atoms with Gasteiger partial charge in [0.15, 0.2) is 0 Å². The number of hydrogen-bond acceptors (Lipinski definition) is 3. The molecule has 0 aliphatic carbocycles. The molecule has 17 heavy (non-hydrogen) atoms. The summed E-state index contributed by atoms with van der Waals surface area (Å²) >= 11 is 0. The molecule has 4 heteroatoms. The average Bonchev–Trinajstić information content (AvgIpc) is 2.52. The van der Waals surface area contributed by atoms with Crippen LogP contribution in [0.1, 0.15) is 6.42 Å². The summed E-state index contributed by atoms with van der Waals surface area (Å²) in [6.45, 7) is 3.67. The van der Waals surface area contributed by atoms with Crippen LogP contribution in [0.5, 0.6) is 0 Å². The molecule has 3 nitrogen and oxygen atoms in total. The molecule has 1 atom stereocenters. The van der Waals surface area contributed by atoms with Gasteiger partial charge in [-0.2, -0.15) is 0 Å². The van der Waals surface area contributed by atoms with Crippen LogP contribution < -0.4 is 10.6 Å². The maximum Gasteiger partial charge on any atom is 0.123 e. The fourth-order valence-corrected chi connectivity index (χ4v) is 2.42. The summed E-state index contributed by atoms with van der Waals surface area (Å²) in [5.41, 5.74) is 6.92. The predicted octanol–water partition coefficient (Wildman–Crippen LogP) is 1.29. The summed E-state index contributed by atoms with van der Waals surface area (Å²) in [6.07, 6.45) is 1.12. The highest BCUT2D eigenvalue weighted by Crippen LogP contribution is 2.20. The van der Waals surface area contributed by atoms with Gasteiger partial charge in [0.2, 0.25) is 0 Å². The van der Waals surface area contributed by atoms with Crippen molar-refractivity contribution in [3.63, 3.8) is 0 Å². The van der Waals surface area contributed by atoms with Crippen LogP contribution in [0.3, 0.4) is 0 Å². The van der Waals surface area contributed by atoms with Crippen LogP contribution in [-0.2, 0) is 0 Å². The summed E-state index contributed by atoms with van der Waals surface area (Å²) in [5.74, 6) is -0.190. The molecule has 1 aromatic rings. The van der Waals surface area contributed by atoms with Crippen LogP contribution in [0, 0.1) is 5.82 Å². The van der Waals surface area contributed by atoms with Gasteiger partial charge < -0.3 is 15.5 Å². The molecule has 1 fully saturated rings. The Bertz CT molecular complexity index is 352. The lowest BCUT2D eigenvalue weighted by Gasteiger charge is -2.32. The zero-order valence-corrected chi connectivity index (χ0v) is 10.3. The molecule has 2 rings (SSSR count). The van der Waals surface area contributed by atoms with E-state index >= 15 is 0 Å². The molecule has 1 aliphatic heterocycles. The normalized spacial score (nSPS) is 22.5. The van der Waals surface area contributed by atoms with Gasteiger partial charge in [-0.25, -0.2) is 4.39 Å². The van der Waals surface area contributed by atoms with E-state index in [0.717, 1.165) is 31.7 Å². The molecule has 0 bridgehead atoms. The lowest BCUT2D eigenvalue weighted by Crippen LogP contribution is -2.45. The Morgan fingerprint density at radius 3 is 2.65 bits per heavy atom. The summed E-state index contributed by atoms with van der Waals surface area (Å²) < 4.78 is 12.9. The first-order valence-electron chi connectivity index (χ1n) is 6.11. The number of likely N-dealkylation sites (N-methyl/N-ethyl adjacent to an activating group) is 1. The largest absolute Gasteiger partial charge is 0.366 e. The van der Waals surface area contributed by atoms with Crippen molar-refractivity contribution in [2.45, 2.75) is 12.5 Å². The molecule has 0 saturated carbocycles. The van der Waals surface area contributed by atoms with Crippen molar-refractivity contribution < 1.29 is 4.39 Å². The van der Waals surface area contributed by atoms with Crippen LogP contribution in [0.15, 0.2) is 24.3 Å². The first-order chi connectivity index (χ1) is 8.20. The number of nitrogens with two attached hydrogens (primary N) is 1. The maximum atomic E-state index is 12.9. The minimum Gasteiger partial charge on any atom is -0.366 e. The Balaban J connectivity index is 2.19. The molecule has 0 spiro atoms. The van der Waals surface area contributed by atoms with Gasteiger partial charge in [0, 0.05) is 25.3 Å². The van der Waals surface area contributed by atoms with Crippen molar-refractivity contribution in [2.75, 3.05) is 38.1 Å². The van der Waals surface area contributed by atoms with Crippen molar-refractivity contribution in [3.8, 4) is 0 Å². The van der Waals surface area contributed by atoms with Crippen molar-refractivity contribution >= 4 is 5.69 Å². The lowest BCUT2D eigenvalue weighted by atomic mass is 10.2. The Hall–Kier alpha value is -1.13. The van der Waals surface area contributed by atoms with E-state index in [-0.39, 0.29) is 5.82 Å². The van der Waals surface area contributed by atoms with Gasteiger partial charge >= 0.3 is 0 Å².